The van der Waals surface area contributed by atoms with E-state index in [1.165, 1.54) is 16.9 Å². The number of nitriles is 1. The summed E-state index contributed by atoms with van der Waals surface area (Å²) < 4.78 is 8.34. The van der Waals surface area contributed by atoms with E-state index in [9.17, 15) is 0 Å². The summed E-state index contributed by atoms with van der Waals surface area (Å²) in [4.78, 5) is 0.735. The van der Waals surface area contributed by atoms with Crippen molar-refractivity contribution in [2.24, 2.45) is 0 Å². The topological polar surface area (TPSA) is 33.0 Å². The summed E-state index contributed by atoms with van der Waals surface area (Å²) in [5.74, 6) is 0.859. The summed E-state index contributed by atoms with van der Waals surface area (Å²) in [5.41, 5.74) is 1.20. The number of hydrogen-bond donors (Lipinski definition) is 0. The molecule has 1 atom stereocenters. The fourth-order valence-corrected chi connectivity index (χ4v) is 3.82. The highest BCUT2D eigenvalue weighted by molar-refractivity contribution is 14.1. The lowest BCUT2D eigenvalue weighted by atomic mass is 10.1. The second-order valence-corrected chi connectivity index (χ2v) is 7.08. The number of thiophene rings is 1. The second kappa shape index (κ2) is 7.12. The van der Waals surface area contributed by atoms with Crippen molar-refractivity contribution >= 4 is 44.0 Å². The number of nitrogens with zero attached hydrogens (tertiary/aromatic N) is 1. The number of rotatable bonds is 5. The van der Waals surface area contributed by atoms with Crippen LogP contribution in [0.25, 0.3) is 10.1 Å². The lowest BCUT2D eigenvalue weighted by molar-refractivity contribution is 0.204. The van der Waals surface area contributed by atoms with Crippen LogP contribution in [0.15, 0.2) is 54.6 Å². The third kappa shape index (κ3) is 3.42. The zero-order valence-electron chi connectivity index (χ0n) is 11.8. The van der Waals surface area contributed by atoms with E-state index in [1.807, 2.05) is 42.5 Å². The SMILES string of the molecule is N#Cc1cc2ccc(O[C@@H](CCI)c3ccccc3)cc2s1. The molecule has 2 aromatic carbocycles. The zero-order valence-corrected chi connectivity index (χ0v) is 14.8. The van der Waals surface area contributed by atoms with Crippen LogP contribution in [0.5, 0.6) is 5.75 Å². The Morgan fingerprint density at radius 3 is 2.68 bits per heavy atom. The summed E-state index contributed by atoms with van der Waals surface area (Å²) in [6.07, 6.45) is 1.03. The van der Waals surface area contributed by atoms with Gasteiger partial charge in [0.05, 0.1) is 0 Å². The highest BCUT2D eigenvalue weighted by atomic mass is 127. The molecule has 0 aliphatic heterocycles. The van der Waals surface area contributed by atoms with Crippen LogP contribution in [0.1, 0.15) is 23.0 Å². The molecule has 0 radical (unpaired) electrons. The molecule has 0 saturated carbocycles. The summed E-state index contributed by atoms with van der Waals surface area (Å²) in [6.45, 7) is 0. The van der Waals surface area contributed by atoms with Gasteiger partial charge in [0.2, 0.25) is 0 Å². The minimum atomic E-state index is 0.0611. The van der Waals surface area contributed by atoms with Crippen molar-refractivity contribution in [2.75, 3.05) is 4.43 Å². The van der Waals surface area contributed by atoms with Crippen LogP contribution in [-0.4, -0.2) is 4.43 Å². The van der Waals surface area contributed by atoms with Crippen LogP contribution in [0.3, 0.4) is 0 Å². The molecule has 22 heavy (non-hydrogen) atoms. The van der Waals surface area contributed by atoms with Gasteiger partial charge in [-0.25, -0.2) is 0 Å². The molecular formula is C18H14INOS. The molecule has 0 amide bonds. The van der Waals surface area contributed by atoms with Gasteiger partial charge < -0.3 is 4.74 Å². The maximum Gasteiger partial charge on any atom is 0.124 e. The maximum atomic E-state index is 9.00. The van der Waals surface area contributed by atoms with Gasteiger partial charge in [-0.3, -0.25) is 0 Å². The average molecular weight is 419 g/mol. The fraction of sp³-hybridized carbons (Fsp3) is 0.167. The van der Waals surface area contributed by atoms with Crippen molar-refractivity contribution in [3.05, 3.63) is 65.0 Å². The third-order valence-electron chi connectivity index (χ3n) is 3.42. The second-order valence-electron chi connectivity index (χ2n) is 4.92. The van der Waals surface area contributed by atoms with Gasteiger partial charge in [-0.05, 0) is 41.6 Å². The fourth-order valence-electron chi connectivity index (χ4n) is 2.36. The molecule has 3 aromatic rings. The highest BCUT2D eigenvalue weighted by Crippen LogP contribution is 2.32. The Morgan fingerprint density at radius 2 is 1.95 bits per heavy atom. The Hall–Kier alpha value is -1.58. The number of alkyl halides is 1. The van der Waals surface area contributed by atoms with Crippen molar-refractivity contribution in [3.63, 3.8) is 0 Å². The summed E-state index contributed by atoms with van der Waals surface area (Å²) in [5, 5.41) is 10.1. The first-order valence-electron chi connectivity index (χ1n) is 7.01. The van der Waals surface area contributed by atoms with Crippen molar-refractivity contribution < 1.29 is 4.74 Å². The Kier molecular flexibility index (Phi) is 4.96. The van der Waals surface area contributed by atoms with Gasteiger partial charge in [0.15, 0.2) is 0 Å². The van der Waals surface area contributed by atoms with Gasteiger partial charge in [0, 0.05) is 9.13 Å². The maximum absolute atomic E-state index is 9.00. The smallest absolute Gasteiger partial charge is 0.124 e. The normalized spacial score (nSPS) is 12.0. The zero-order chi connectivity index (χ0) is 15.4. The molecule has 0 bridgehead atoms. The van der Waals surface area contributed by atoms with Gasteiger partial charge in [-0.15, -0.1) is 11.3 Å². The lowest BCUT2D eigenvalue weighted by Crippen LogP contribution is -2.08. The summed E-state index contributed by atoms with van der Waals surface area (Å²) >= 11 is 3.89. The first-order chi connectivity index (χ1) is 10.8. The predicted molar refractivity (Wildman–Crippen MR) is 99.9 cm³/mol. The predicted octanol–water partition coefficient (Wildman–Crippen LogP) is 5.72. The Morgan fingerprint density at radius 1 is 1.14 bits per heavy atom. The molecule has 110 valence electrons. The van der Waals surface area contributed by atoms with E-state index in [0.717, 1.165) is 31.6 Å². The number of ether oxygens (including phenoxy) is 1. The largest absolute Gasteiger partial charge is 0.486 e. The summed E-state index contributed by atoms with van der Waals surface area (Å²) in [7, 11) is 0. The van der Waals surface area contributed by atoms with Crippen molar-refractivity contribution in [3.8, 4) is 11.8 Å². The molecule has 0 N–H and O–H groups in total. The minimum Gasteiger partial charge on any atom is -0.486 e. The third-order valence-corrected chi connectivity index (χ3v) is 5.05. The van der Waals surface area contributed by atoms with E-state index in [1.54, 1.807) is 0 Å². The van der Waals surface area contributed by atoms with E-state index >= 15 is 0 Å². The monoisotopic (exact) mass is 419 g/mol. The molecule has 0 saturated heterocycles. The molecule has 4 heteroatoms. The van der Waals surface area contributed by atoms with E-state index in [2.05, 4.69) is 40.8 Å². The molecule has 0 aliphatic carbocycles. The molecule has 0 fully saturated rings. The average Bonchev–Trinajstić information content (AvgIpc) is 2.98. The van der Waals surface area contributed by atoms with E-state index in [-0.39, 0.29) is 6.10 Å². The molecule has 0 aliphatic rings. The highest BCUT2D eigenvalue weighted by Gasteiger charge is 2.13. The van der Waals surface area contributed by atoms with Crippen LogP contribution in [0.4, 0.5) is 0 Å². The number of hydrogen-bond acceptors (Lipinski definition) is 3. The van der Waals surface area contributed by atoms with Crippen LogP contribution < -0.4 is 4.74 Å². The van der Waals surface area contributed by atoms with Crippen LogP contribution in [0.2, 0.25) is 0 Å². The van der Waals surface area contributed by atoms with Gasteiger partial charge >= 0.3 is 0 Å². The molecule has 0 spiro atoms. The standard InChI is InChI=1S/C18H14INOS/c19-9-8-17(13-4-2-1-3-5-13)21-15-7-6-14-10-16(12-20)22-18(14)11-15/h1-7,10-11,17H,8-9H2/t17-/m0/s1. The van der Waals surface area contributed by atoms with E-state index in [0.29, 0.717) is 0 Å². The first kappa shape index (κ1) is 15.3. The number of fused-ring (bicyclic) bond motifs is 1. The molecule has 1 heterocycles. The van der Waals surface area contributed by atoms with Crippen molar-refractivity contribution in [1.82, 2.24) is 0 Å². The van der Waals surface area contributed by atoms with E-state index < -0.39 is 0 Å². The summed E-state index contributed by atoms with van der Waals surface area (Å²) in [6, 6.07) is 20.5. The van der Waals surface area contributed by atoms with Gasteiger partial charge in [-0.2, -0.15) is 5.26 Å². The molecule has 0 unspecified atom stereocenters. The van der Waals surface area contributed by atoms with Crippen molar-refractivity contribution in [1.29, 1.82) is 5.26 Å². The molecule has 3 rings (SSSR count). The minimum absolute atomic E-state index is 0.0611. The van der Waals surface area contributed by atoms with E-state index in [4.69, 9.17) is 10.00 Å². The Bertz CT molecular complexity index is 807. The Labute approximate surface area is 147 Å². The lowest BCUT2D eigenvalue weighted by Gasteiger charge is -2.18. The molecule has 2 nitrogen and oxygen atoms in total. The van der Waals surface area contributed by atoms with Gasteiger partial charge in [0.25, 0.3) is 0 Å². The number of benzene rings is 2. The number of halogens is 1. The Balaban J connectivity index is 1.88. The quantitative estimate of drug-likeness (QED) is 0.392. The van der Waals surface area contributed by atoms with Crippen LogP contribution in [-0.2, 0) is 0 Å². The first-order valence-corrected chi connectivity index (χ1v) is 9.35. The van der Waals surface area contributed by atoms with Crippen LogP contribution >= 0.6 is 33.9 Å². The van der Waals surface area contributed by atoms with Crippen LogP contribution in [0, 0.1) is 11.3 Å². The molecule has 1 aromatic heterocycles. The molecular weight excluding hydrogens is 405 g/mol. The van der Waals surface area contributed by atoms with Gasteiger partial charge in [0.1, 0.15) is 22.8 Å². The van der Waals surface area contributed by atoms with Gasteiger partial charge in [-0.1, -0.05) is 52.9 Å². The van der Waals surface area contributed by atoms with Crippen molar-refractivity contribution in [2.45, 2.75) is 12.5 Å².